The first-order valence-corrected chi connectivity index (χ1v) is 6.23. The molecule has 0 saturated carbocycles. The number of rotatable bonds is 4. The molecule has 2 rings (SSSR count). The lowest BCUT2D eigenvalue weighted by Crippen LogP contribution is -2.22. The molecule has 1 aromatic rings. The van der Waals surface area contributed by atoms with Gasteiger partial charge in [-0.3, -0.25) is 10.1 Å². The normalized spacial score (nSPS) is 16.5. The van der Waals surface area contributed by atoms with Crippen molar-refractivity contribution in [1.82, 2.24) is 0 Å². The minimum Gasteiger partial charge on any atom is -0.381 e. The molecule has 1 aliphatic rings. The summed E-state index contributed by atoms with van der Waals surface area (Å²) in [5.41, 5.74) is 1.79. The highest BCUT2D eigenvalue weighted by atomic mass is 16.6. The van der Waals surface area contributed by atoms with Crippen molar-refractivity contribution in [3.63, 3.8) is 0 Å². The summed E-state index contributed by atoms with van der Waals surface area (Å²) in [5.74, 6) is 0.541. The van der Waals surface area contributed by atoms with Crippen LogP contribution in [0.2, 0.25) is 0 Å². The molecule has 0 bridgehead atoms. The second-order valence-electron chi connectivity index (χ2n) is 4.71. The Kier molecular flexibility index (Phi) is 4.15. The lowest BCUT2D eigenvalue weighted by atomic mass is 10.0. The SMILES string of the molecule is Cc1ccc([N+](=O)[O-])c(NCC2CCOCC2)c1. The molecule has 98 valence electrons. The van der Waals surface area contributed by atoms with Crippen LogP contribution in [0.3, 0.4) is 0 Å². The van der Waals surface area contributed by atoms with Gasteiger partial charge in [-0.05, 0) is 37.3 Å². The molecular weight excluding hydrogens is 232 g/mol. The van der Waals surface area contributed by atoms with Gasteiger partial charge in [0.15, 0.2) is 0 Å². The maximum atomic E-state index is 10.9. The number of nitrogens with zero attached hydrogens (tertiary/aromatic N) is 1. The molecule has 0 amide bonds. The molecule has 0 radical (unpaired) electrons. The fraction of sp³-hybridized carbons (Fsp3) is 0.538. The van der Waals surface area contributed by atoms with Crippen LogP contribution in [0.15, 0.2) is 18.2 Å². The molecule has 1 N–H and O–H groups in total. The second-order valence-corrected chi connectivity index (χ2v) is 4.71. The van der Waals surface area contributed by atoms with Crippen LogP contribution in [-0.2, 0) is 4.74 Å². The van der Waals surface area contributed by atoms with E-state index in [0.717, 1.165) is 38.2 Å². The molecule has 0 aliphatic carbocycles. The fourth-order valence-electron chi connectivity index (χ4n) is 2.16. The van der Waals surface area contributed by atoms with Crippen LogP contribution in [-0.4, -0.2) is 24.7 Å². The number of nitrogens with one attached hydrogen (secondary N) is 1. The molecule has 1 fully saturated rings. The van der Waals surface area contributed by atoms with Crippen molar-refractivity contribution >= 4 is 11.4 Å². The molecule has 0 spiro atoms. The van der Waals surface area contributed by atoms with Crippen molar-refractivity contribution in [1.29, 1.82) is 0 Å². The largest absolute Gasteiger partial charge is 0.381 e. The Morgan fingerprint density at radius 3 is 2.83 bits per heavy atom. The summed E-state index contributed by atoms with van der Waals surface area (Å²) >= 11 is 0. The van der Waals surface area contributed by atoms with E-state index in [1.54, 1.807) is 12.1 Å². The minimum absolute atomic E-state index is 0.146. The van der Waals surface area contributed by atoms with Gasteiger partial charge in [0.05, 0.1) is 4.92 Å². The smallest absolute Gasteiger partial charge is 0.292 e. The van der Waals surface area contributed by atoms with Crippen LogP contribution in [0.1, 0.15) is 18.4 Å². The minimum atomic E-state index is -0.342. The van der Waals surface area contributed by atoms with Crippen LogP contribution in [0.25, 0.3) is 0 Å². The molecule has 0 atom stereocenters. The van der Waals surface area contributed by atoms with Crippen LogP contribution in [0.4, 0.5) is 11.4 Å². The first-order valence-electron chi connectivity index (χ1n) is 6.23. The van der Waals surface area contributed by atoms with E-state index in [9.17, 15) is 10.1 Å². The maximum Gasteiger partial charge on any atom is 0.292 e. The summed E-state index contributed by atoms with van der Waals surface area (Å²) < 4.78 is 5.30. The van der Waals surface area contributed by atoms with E-state index in [0.29, 0.717) is 11.6 Å². The van der Waals surface area contributed by atoms with Crippen molar-refractivity contribution in [3.05, 3.63) is 33.9 Å². The number of nitro groups is 1. The maximum absolute atomic E-state index is 10.9. The van der Waals surface area contributed by atoms with E-state index in [-0.39, 0.29) is 10.6 Å². The fourth-order valence-corrected chi connectivity index (χ4v) is 2.16. The molecule has 5 nitrogen and oxygen atoms in total. The van der Waals surface area contributed by atoms with Gasteiger partial charge in [-0.25, -0.2) is 0 Å². The van der Waals surface area contributed by atoms with Crippen molar-refractivity contribution in [2.24, 2.45) is 5.92 Å². The molecule has 5 heteroatoms. The monoisotopic (exact) mass is 250 g/mol. The van der Waals surface area contributed by atoms with E-state index < -0.39 is 0 Å². The molecule has 0 aromatic heterocycles. The average Bonchev–Trinajstić information content (AvgIpc) is 2.37. The molecule has 1 aliphatic heterocycles. The molecule has 0 unspecified atom stereocenters. The Morgan fingerprint density at radius 1 is 1.44 bits per heavy atom. The number of aryl methyl sites for hydroxylation is 1. The number of anilines is 1. The zero-order valence-electron chi connectivity index (χ0n) is 10.5. The predicted octanol–water partition coefficient (Wildman–Crippen LogP) is 2.74. The first-order chi connectivity index (χ1) is 8.66. The Hall–Kier alpha value is -1.62. The number of hydrogen-bond acceptors (Lipinski definition) is 4. The highest BCUT2D eigenvalue weighted by molar-refractivity contribution is 5.62. The quantitative estimate of drug-likeness (QED) is 0.659. The van der Waals surface area contributed by atoms with Crippen molar-refractivity contribution in [2.75, 3.05) is 25.1 Å². The average molecular weight is 250 g/mol. The third-order valence-corrected chi connectivity index (χ3v) is 3.27. The Balaban J connectivity index is 2.03. The van der Waals surface area contributed by atoms with Gasteiger partial charge in [0.2, 0.25) is 0 Å². The van der Waals surface area contributed by atoms with Gasteiger partial charge in [0.25, 0.3) is 5.69 Å². The first kappa shape index (κ1) is 12.8. The highest BCUT2D eigenvalue weighted by Gasteiger charge is 2.17. The van der Waals surface area contributed by atoms with E-state index in [4.69, 9.17) is 4.74 Å². The number of benzene rings is 1. The van der Waals surface area contributed by atoms with Crippen molar-refractivity contribution in [3.8, 4) is 0 Å². The van der Waals surface area contributed by atoms with Crippen molar-refractivity contribution in [2.45, 2.75) is 19.8 Å². The van der Waals surface area contributed by atoms with Gasteiger partial charge in [0.1, 0.15) is 5.69 Å². The summed E-state index contributed by atoms with van der Waals surface area (Å²) in [7, 11) is 0. The van der Waals surface area contributed by atoms with Gasteiger partial charge in [-0.15, -0.1) is 0 Å². The summed E-state index contributed by atoms with van der Waals surface area (Å²) in [5, 5.41) is 14.1. The van der Waals surface area contributed by atoms with Gasteiger partial charge in [-0.2, -0.15) is 0 Å². The number of hydrogen-bond donors (Lipinski definition) is 1. The van der Waals surface area contributed by atoms with E-state index in [1.807, 2.05) is 13.0 Å². The third-order valence-electron chi connectivity index (χ3n) is 3.27. The van der Waals surface area contributed by atoms with Crippen LogP contribution in [0, 0.1) is 23.0 Å². The van der Waals surface area contributed by atoms with Gasteiger partial charge in [0, 0.05) is 25.8 Å². The van der Waals surface area contributed by atoms with Gasteiger partial charge >= 0.3 is 0 Å². The highest BCUT2D eigenvalue weighted by Crippen LogP contribution is 2.26. The topological polar surface area (TPSA) is 64.4 Å². The molecule has 1 heterocycles. The van der Waals surface area contributed by atoms with E-state index >= 15 is 0 Å². The molecule has 1 aromatic carbocycles. The summed E-state index contributed by atoms with van der Waals surface area (Å²) in [6, 6.07) is 5.15. The van der Waals surface area contributed by atoms with Crippen molar-refractivity contribution < 1.29 is 9.66 Å². The predicted molar refractivity (Wildman–Crippen MR) is 69.9 cm³/mol. The molecule has 18 heavy (non-hydrogen) atoms. The van der Waals surface area contributed by atoms with Crippen LogP contribution < -0.4 is 5.32 Å². The second kappa shape index (κ2) is 5.82. The lowest BCUT2D eigenvalue weighted by Gasteiger charge is -2.22. The number of nitro benzene ring substituents is 1. The van der Waals surface area contributed by atoms with Crippen LogP contribution in [0.5, 0.6) is 0 Å². The van der Waals surface area contributed by atoms with Gasteiger partial charge in [-0.1, -0.05) is 6.07 Å². The standard InChI is InChI=1S/C13H18N2O3/c1-10-2-3-13(15(16)17)12(8-10)14-9-11-4-6-18-7-5-11/h2-3,8,11,14H,4-7,9H2,1H3. The zero-order chi connectivity index (χ0) is 13.0. The molecular formula is C13H18N2O3. The zero-order valence-corrected chi connectivity index (χ0v) is 10.5. The Labute approximate surface area is 106 Å². The third kappa shape index (κ3) is 3.20. The lowest BCUT2D eigenvalue weighted by molar-refractivity contribution is -0.384. The summed E-state index contributed by atoms with van der Waals surface area (Å²) in [6.07, 6.45) is 2.04. The van der Waals surface area contributed by atoms with E-state index in [2.05, 4.69) is 5.32 Å². The van der Waals surface area contributed by atoms with E-state index in [1.165, 1.54) is 0 Å². The summed E-state index contributed by atoms with van der Waals surface area (Å²) in [4.78, 5) is 10.6. The Morgan fingerprint density at radius 2 is 2.17 bits per heavy atom. The summed E-state index contributed by atoms with van der Waals surface area (Å²) in [6.45, 7) is 4.29. The van der Waals surface area contributed by atoms with Crippen LogP contribution >= 0.6 is 0 Å². The molecule has 1 saturated heterocycles. The Bertz CT molecular complexity index is 428. The van der Waals surface area contributed by atoms with Gasteiger partial charge < -0.3 is 10.1 Å². The number of ether oxygens (including phenoxy) is 1.